The Hall–Kier alpha value is -1.28. The quantitative estimate of drug-likeness (QED) is 0.0244. The van der Waals surface area contributed by atoms with Gasteiger partial charge >= 0.3 is 7.82 Å². The Morgan fingerprint density at radius 3 is 1.38 bits per heavy atom. The number of carbonyl (C=O) groups is 1. The summed E-state index contributed by atoms with van der Waals surface area (Å²) in [6.07, 6.45) is 50.9. The molecule has 8 nitrogen and oxygen atoms in total. The first-order valence-electron chi connectivity index (χ1n) is 24.4. The van der Waals surface area contributed by atoms with Crippen molar-refractivity contribution in [1.82, 2.24) is 5.32 Å². The van der Waals surface area contributed by atoms with Gasteiger partial charge in [-0.1, -0.05) is 204 Å². The largest absolute Gasteiger partial charge is 0.472 e. The molecule has 0 aromatic heterocycles. The van der Waals surface area contributed by atoms with Crippen LogP contribution in [-0.2, 0) is 18.4 Å². The topological polar surface area (TPSA) is 105 Å². The maximum atomic E-state index is 12.8. The van der Waals surface area contributed by atoms with E-state index in [1.165, 1.54) is 154 Å². The summed E-state index contributed by atoms with van der Waals surface area (Å²) >= 11 is 0. The molecule has 0 aromatic carbocycles. The molecular formula is C49H96N2O6P+. The summed E-state index contributed by atoms with van der Waals surface area (Å²) < 4.78 is 23.6. The van der Waals surface area contributed by atoms with Gasteiger partial charge in [0.15, 0.2) is 0 Å². The second-order valence-electron chi connectivity index (χ2n) is 17.8. The number of rotatable bonds is 44. The predicted molar refractivity (Wildman–Crippen MR) is 249 cm³/mol. The smallest absolute Gasteiger partial charge is 0.387 e. The van der Waals surface area contributed by atoms with Gasteiger partial charge in [0.2, 0.25) is 5.91 Å². The fourth-order valence-corrected chi connectivity index (χ4v) is 7.69. The van der Waals surface area contributed by atoms with Crippen LogP contribution in [0.5, 0.6) is 0 Å². The Morgan fingerprint density at radius 1 is 0.569 bits per heavy atom. The number of nitrogens with zero attached hydrogens (tertiary/aromatic N) is 1. The molecule has 58 heavy (non-hydrogen) atoms. The highest BCUT2D eigenvalue weighted by Crippen LogP contribution is 2.43. The summed E-state index contributed by atoms with van der Waals surface area (Å²) in [6, 6.07) is -0.865. The maximum Gasteiger partial charge on any atom is 0.472 e. The number of unbranched alkanes of at least 4 members (excludes halogenated alkanes) is 27. The lowest BCUT2D eigenvalue weighted by Crippen LogP contribution is -2.45. The molecule has 3 atom stereocenters. The molecule has 0 rings (SSSR count). The number of quaternary nitrogens is 1. The number of phosphoric acid groups is 1. The van der Waals surface area contributed by atoms with Gasteiger partial charge < -0.3 is 19.8 Å². The standard InChI is InChI=1S/C49H95N2O6P/c1-6-8-10-12-14-16-18-20-21-22-23-24-25-26-27-28-29-30-31-32-34-36-38-40-42-48(52)47(46-57-58(54,55)56-45-44-51(3,4)5)50-49(53)43-41-39-37-35-33-19-17-15-13-11-9-7-2/h28-29,32,34,40,42,47-48,52H,6-27,30-31,33,35-39,41,43-46H2,1-5H3,(H-,50,53,54,55)/p+1/b29-28+,34-32+,42-40+. The highest BCUT2D eigenvalue weighted by atomic mass is 31.2. The van der Waals surface area contributed by atoms with Crippen molar-refractivity contribution in [1.29, 1.82) is 0 Å². The number of nitrogens with one attached hydrogen (secondary N) is 1. The number of carbonyl (C=O) groups excluding carboxylic acids is 1. The average molecular weight is 840 g/mol. The minimum absolute atomic E-state index is 0.0546. The van der Waals surface area contributed by atoms with Crippen molar-refractivity contribution in [3.63, 3.8) is 0 Å². The molecule has 0 fully saturated rings. The first kappa shape index (κ1) is 56.7. The maximum absolute atomic E-state index is 12.8. The number of hydrogen-bond acceptors (Lipinski definition) is 5. The van der Waals surface area contributed by atoms with E-state index in [1.54, 1.807) is 6.08 Å². The van der Waals surface area contributed by atoms with Crippen LogP contribution in [0, 0.1) is 0 Å². The molecule has 3 N–H and O–H groups in total. The molecule has 0 bridgehead atoms. The zero-order valence-electron chi connectivity index (χ0n) is 38.8. The zero-order chi connectivity index (χ0) is 42.8. The van der Waals surface area contributed by atoms with E-state index in [9.17, 15) is 19.4 Å². The van der Waals surface area contributed by atoms with Crippen LogP contribution < -0.4 is 5.32 Å². The number of phosphoric ester groups is 1. The number of amides is 1. The van der Waals surface area contributed by atoms with Crippen molar-refractivity contribution in [2.75, 3.05) is 40.9 Å². The Bertz CT molecular complexity index is 1040. The molecule has 0 aliphatic rings. The molecule has 1 amide bonds. The lowest BCUT2D eigenvalue weighted by molar-refractivity contribution is -0.870. The van der Waals surface area contributed by atoms with Gasteiger partial charge in [0.05, 0.1) is 39.9 Å². The van der Waals surface area contributed by atoms with E-state index in [0.717, 1.165) is 44.9 Å². The summed E-state index contributed by atoms with van der Waals surface area (Å²) in [5.74, 6) is -0.191. The van der Waals surface area contributed by atoms with E-state index in [2.05, 4.69) is 43.5 Å². The molecule has 3 unspecified atom stereocenters. The lowest BCUT2D eigenvalue weighted by atomic mass is 10.0. The number of likely N-dealkylation sites (N-methyl/N-ethyl adjacent to an activating group) is 1. The van der Waals surface area contributed by atoms with E-state index in [1.807, 2.05) is 27.2 Å². The van der Waals surface area contributed by atoms with Crippen molar-refractivity contribution in [3.8, 4) is 0 Å². The van der Waals surface area contributed by atoms with Gasteiger partial charge in [-0.2, -0.15) is 0 Å². The van der Waals surface area contributed by atoms with Crippen molar-refractivity contribution in [2.24, 2.45) is 0 Å². The van der Waals surface area contributed by atoms with Crippen LogP contribution in [0.3, 0.4) is 0 Å². The Balaban J connectivity index is 4.36. The molecule has 0 aliphatic heterocycles. The van der Waals surface area contributed by atoms with Crippen LogP contribution >= 0.6 is 7.82 Å². The van der Waals surface area contributed by atoms with E-state index in [-0.39, 0.29) is 19.1 Å². The van der Waals surface area contributed by atoms with E-state index in [4.69, 9.17) is 9.05 Å². The van der Waals surface area contributed by atoms with Gasteiger partial charge in [0.25, 0.3) is 0 Å². The van der Waals surface area contributed by atoms with Gasteiger partial charge in [0, 0.05) is 6.42 Å². The molecule has 0 heterocycles. The molecule has 342 valence electrons. The summed E-state index contributed by atoms with van der Waals surface area (Å²) in [5.41, 5.74) is 0. The Kier molecular flexibility index (Phi) is 40.2. The third-order valence-electron chi connectivity index (χ3n) is 10.8. The average Bonchev–Trinajstić information content (AvgIpc) is 3.17. The van der Waals surface area contributed by atoms with Crippen LogP contribution in [0.25, 0.3) is 0 Å². The van der Waals surface area contributed by atoms with E-state index < -0.39 is 20.0 Å². The highest BCUT2D eigenvalue weighted by molar-refractivity contribution is 7.47. The van der Waals surface area contributed by atoms with Crippen LogP contribution in [0.2, 0.25) is 0 Å². The van der Waals surface area contributed by atoms with Gasteiger partial charge in [-0.25, -0.2) is 4.57 Å². The second kappa shape index (κ2) is 41.1. The van der Waals surface area contributed by atoms with Crippen LogP contribution in [0.1, 0.15) is 219 Å². The highest BCUT2D eigenvalue weighted by Gasteiger charge is 2.27. The van der Waals surface area contributed by atoms with Crippen molar-refractivity contribution < 1.29 is 32.9 Å². The van der Waals surface area contributed by atoms with Crippen LogP contribution in [0.4, 0.5) is 0 Å². The summed E-state index contributed by atoms with van der Waals surface area (Å²) in [5, 5.41) is 13.8. The van der Waals surface area contributed by atoms with E-state index >= 15 is 0 Å². The van der Waals surface area contributed by atoms with Gasteiger partial charge in [-0.3, -0.25) is 13.8 Å². The van der Waals surface area contributed by atoms with E-state index in [0.29, 0.717) is 17.4 Å². The third kappa shape index (κ3) is 42.8. The molecule has 9 heteroatoms. The zero-order valence-corrected chi connectivity index (χ0v) is 39.7. The van der Waals surface area contributed by atoms with Crippen molar-refractivity contribution in [3.05, 3.63) is 36.5 Å². The SMILES string of the molecule is CCCCCCCCCCCCCCCC/C=C/CC/C=C/CC/C=C/C(O)C(COP(=O)(O)OCC[N+](C)(C)C)NC(=O)CCCCCCCCCCCCCC. The van der Waals surface area contributed by atoms with Crippen molar-refractivity contribution in [2.45, 2.75) is 231 Å². The first-order valence-corrected chi connectivity index (χ1v) is 25.9. The number of hydrogen-bond donors (Lipinski definition) is 3. The molecule has 0 aromatic rings. The van der Waals surface area contributed by atoms with Gasteiger partial charge in [-0.15, -0.1) is 0 Å². The molecular weight excluding hydrogens is 744 g/mol. The minimum Gasteiger partial charge on any atom is -0.387 e. The van der Waals surface area contributed by atoms with Gasteiger partial charge in [-0.05, 0) is 44.9 Å². The van der Waals surface area contributed by atoms with Crippen molar-refractivity contribution >= 4 is 13.7 Å². The Labute approximate surface area is 359 Å². The predicted octanol–water partition coefficient (Wildman–Crippen LogP) is 13.9. The van der Waals surface area contributed by atoms with Gasteiger partial charge in [0.1, 0.15) is 13.2 Å². The second-order valence-corrected chi connectivity index (χ2v) is 19.3. The minimum atomic E-state index is -4.35. The van der Waals surface area contributed by atoms with Crippen LogP contribution in [0.15, 0.2) is 36.5 Å². The Morgan fingerprint density at radius 2 is 0.948 bits per heavy atom. The third-order valence-corrected chi connectivity index (χ3v) is 11.8. The fourth-order valence-electron chi connectivity index (χ4n) is 6.96. The normalized spacial score (nSPS) is 14.5. The number of aliphatic hydroxyl groups is 1. The summed E-state index contributed by atoms with van der Waals surface area (Å²) in [7, 11) is 1.55. The lowest BCUT2D eigenvalue weighted by Gasteiger charge is -2.25. The molecule has 0 saturated carbocycles. The summed E-state index contributed by atoms with van der Waals surface area (Å²) in [4.78, 5) is 23.1. The molecule has 0 spiro atoms. The molecule has 0 saturated heterocycles. The summed E-state index contributed by atoms with van der Waals surface area (Å²) in [6.45, 7) is 4.79. The monoisotopic (exact) mass is 840 g/mol. The number of allylic oxidation sites excluding steroid dienone is 5. The molecule has 0 radical (unpaired) electrons. The first-order chi connectivity index (χ1) is 28.0. The van der Waals surface area contributed by atoms with Crippen LogP contribution in [-0.4, -0.2) is 73.4 Å². The number of aliphatic hydroxyl groups excluding tert-OH is 1. The molecule has 0 aliphatic carbocycles. The fraction of sp³-hybridized carbons (Fsp3) is 0.857.